The molecule has 0 aromatic rings. The number of alkyl carbamates (subject to hydrolysis) is 1. The number of nitrogens with zero attached hydrogens (tertiary/aromatic N) is 1. The van der Waals surface area contributed by atoms with Gasteiger partial charge in [0.15, 0.2) is 5.66 Å². The highest BCUT2D eigenvalue weighted by molar-refractivity contribution is 7.91. The Bertz CT molecular complexity index is 1330. The number of halogens is 1. The first kappa shape index (κ1) is 35.0. The molecular formula is C29H46FN5O9S. The molecule has 254 valence electrons. The molecule has 4 amide bonds. The van der Waals surface area contributed by atoms with Crippen LogP contribution in [0.4, 0.5) is 9.18 Å². The van der Waals surface area contributed by atoms with E-state index in [-0.39, 0.29) is 38.3 Å². The normalized spacial score (nSPS) is 35.2. The standard InChI is InChI=1S/C29H46FN5O9S/c1-6-20-21(32-25(40)44-26(3,4)5)22(37)35-15-19(36)14-29(35,31)24(39)33-28(13-18(28)10-8-7-9-17(2)43-20)23(38)34-45(41,42)27(16-30)11-12-27/h8,10,17-21,36H,6-7,9,11-16,31H2,1-5H3,(H,32,40)(H,33,39)(H,34,38). The fourth-order valence-corrected chi connectivity index (χ4v) is 7.35. The number of hydrogen-bond acceptors (Lipinski definition) is 10. The summed E-state index contributed by atoms with van der Waals surface area (Å²) in [6.07, 6.45) is 1.12. The maximum Gasteiger partial charge on any atom is 0.408 e. The topological polar surface area (TPSA) is 206 Å². The van der Waals surface area contributed by atoms with Crippen molar-refractivity contribution >= 4 is 33.8 Å². The number of rotatable bonds is 6. The van der Waals surface area contributed by atoms with Gasteiger partial charge in [-0.15, -0.1) is 0 Å². The van der Waals surface area contributed by atoms with Gasteiger partial charge in [-0.3, -0.25) is 19.1 Å². The van der Waals surface area contributed by atoms with Gasteiger partial charge in [-0.05, 0) is 66.2 Å². The maximum absolute atomic E-state index is 14.2. The number of aliphatic hydroxyl groups excluding tert-OH is 1. The molecule has 7 unspecified atom stereocenters. The molecule has 0 spiro atoms. The van der Waals surface area contributed by atoms with Crippen LogP contribution in [0.25, 0.3) is 0 Å². The van der Waals surface area contributed by atoms with E-state index in [0.717, 1.165) is 4.90 Å². The smallest absolute Gasteiger partial charge is 0.408 e. The fourth-order valence-electron chi connectivity index (χ4n) is 5.92. The molecule has 16 heteroatoms. The van der Waals surface area contributed by atoms with Gasteiger partial charge >= 0.3 is 6.09 Å². The maximum atomic E-state index is 14.2. The molecular weight excluding hydrogens is 613 g/mol. The molecule has 7 atom stereocenters. The minimum Gasteiger partial charge on any atom is -0.444 e. The van der Waals surface area contributed by atoms with E-state index < -0.39 is 92.7 Å². The van der Waals surface area contributed by atoms with E-state index in [2.05, 4.69) is 10.6 Å². The molecule has 45 heavy (non-hydrogen) atoms. The second-order valence-corrected chi connectivity index (χ2v) is 15.8. The third-order valence-electron chi connectivity index (χ3n) is 8.91. The number of nitrogens with two attached hydrogens (primary N) is 1. The predicted octanol–water partition coefficient (Wildman–Crippen LogP) is 0.485. The zero-order valence-electron chi connectivity index (χ0n) is 26.4. The van der Waals surface area contributed by atoms with Crippen LogP contribution in [0.5, 0.6) is 0 Å². The predicted molar refractivity (Wildman–Crippen MR) is 159 cm³/mol. The third-order valence-corrected chi connectivity index (χ3v) is 11.0. The minimum absolute atomic E-state index is 0.0264. The van der Waals surface area contributed by atoms with E-state index in [9.17, 15) is 37.1 Å². The van der Waals surface area contributed by atoms with Crippen molar-refractivity contribution in [3.8, 4) is 0 Å². The first-order chi connectivity index (χ1) is 20.8. The van der Waals surface area contributed by atoms with Crippen molar-refractivity contribution < 1.29 is 46.6 Å². The van der Waals surface area contributed by atoms with E-state index in [1.807, 2.05) is 4.72 Å². The van der Waals surface area contributed by atoms with E-state index in [1.54, 1.807) is 46.8 Å². The lowest BCUT2D eigenvalue weighted by Crippen LogP contribution is -2.69. The number of alkyl halides is 1. The van der Waals surface area contributed by atoms with Gasteiger partial charge in [-0.25, -0.2) is 17.6 Å². The highest BCUT2D eigenvalue weighted by Crippen LogP contribution is 2.48. The van der Waals surface area contributed by atoms with Crippen LogP contribution >= 0.6 is 0 Å². The molecule has 3 fully saturated rings. The number of sulfonamides is 1. The first-order valence-corrected chi connectivity index (χ1v) is 16.9. The van der Waals surface area contributed by atoms with Crippen LogP contribution in [-0.4, -0.2) is 101 Å². The summed E-state index contributed by atoms with van der Waals surface area (Å²) in [5.74, 6) is -3.48. The largest absolute Gasteiger partial charge is 0.444 e. The molecule has 0 aromatic heterocycles. The SMILES string of the molecule is CCC1OC(C)CCC=CC2CC2(C(=O)NS(=O)(=O)C2(CF)CC2)NC(=O)C2(N)CC(O)CN2C(=O)C1NC(=O)OC(C)(C)C. The second kappa shape index (κ2) is 12.4. The number of allylic oxidation sites excluding steroid dienone is 1. The zero-order valence-corrected chi connectivity index (χ0v) is 27.2. The molecule has 0 aromatic carbocycles. The van der Waals surface area contributed by atoms with Crippen molar-refractivity contribution in [2.45, 2.75) is 125 Å². The van der Waals surface area contributed by atoms with Crippen molar-refractivity contribution in [2.24, 2.45) is 11.7 Å². The molecule has 4 aliphatic rings. The number of amides is 4. The number of hydrogen-bond donors (Lipinski definition) is 5. The van der Waals surface area contributed by atoms with Gasteiger partial charge < -0.3 is 35.8 Å². The van der Waals surface area contributed by atoms with Gasteiger partial charge in [-0.2, -0.15) is 0 Å². The lowest BCUT2D eigenvalue weighted by Gasteiger charge is -2.38. The number of nitrogens with one attached hydrogen (secondary N) is 3. The summed E-state index contributed by atoms with van der Waals surface area (Å²) in [7, 11) is -4.40. The molecule has 4 rings (SSSR count). The Balaban J connectivity index is 1.70. The Hall–Kier alpha value is -2.82. The van der Waals surface area contributed by atoms with Crippen molar-refractivity contribution in [3.63, 3.8) is 0 Å². The number of carbonyl (C=O) groups is 4. The van der Waals surface area contributed by atoms with Crippen molar-refractivity contribution in [2.75, 3.05) is 13.2 Å². The molecule has 14 nitrogen and oxygen atoms in total. The number of fused-ring (bicyclic) bond motifs is 2. The minimum atomic E-state index is -4.40. The molecule has 0 bridgehead atoms. The molecule has 2 heterocycles. The molecule has 2 aliphatic heterocycles. The molecule has 2 aliphatic carbocycles. The Labute approximate surface area is 263 Å². The van der Waals surface area contributed by atoms with E-state index in [0.29, 0.717) is 12.8 Å². The summed E-state index contributed by atoms with van der Waals surface area (Å²) >= 11 is 0. The molecule has 6 N–H and O–H groups in total. The summed E-state index contributed by atoms with van der Waals surface area (Å²) in [5, 5.41) is 15.8. The fraction of sp³-hybridized carbons (Fsp3) is 0.793. The summed E-state index contributed by atoms with van der Waals surface area (Å²) < 4.78 is 51.3. The van der Waals surface area contributed by atoms with Crippen LogP contribution in [0.15, 0.2) is 12.2 Å². The van der Waals surface area contributed by atoms with Crippen LogP contribution in [-0.2, 0) is 33.9 Å². The highest BCUT2D eigenvalue weighted by Gasteiger charge is 2.65. The Morgan fingerprint density at radius 2 is 1.93 bits per heavy atom. The Kier molecular flexibility index (Phi) is 9.67. The zero-order chi connectivity index (χ0) is 33.6. The first-order valence-electron chi connectivity index (χ1n) is 15.4. The molecule has 1 saturated heterocycles. The third kappa shape index (κ3) is 7.13. The monoisotopic (exact) mass is 659 g/mol. The second-order valence-electron chi connectivity index (χ2n) is 13.7. The van der Waals surface area contributed by atoms with Gasteiger partial charge in [0, 0.05) is 18.9 Å². The van der Waals surface area contributed by atoms with Crippen molar-refractivity contribution in [1.29, 1.82) is 0 Å². The summed E-state index contributed by atoms with van der Waals surface area (Å²) in [6.45, 7) is 7.02. The van der Waals surface area contributed by atoms with Gasteiger partial charge in [0.2, 0.25) is 15.9 Å². The lowest BCUT2D eigenvalue weighted by molar-refractivity contribution is -0.151. The van der Waals surface area contributed by atoms with E-state index in [4.69, 9.17) is 15.2 Å². The summed E-state index contributed by atoms with van der Waals surface area (Å²) in [6, 6.07) is -1.36. The van der Waals surface area contributed by atoms with Crippen molar-refractivity contribution in [3.05, 3.63) is 12.2 Å². The lowest BCUT2D eigenvalue weighted by atomic mass is 10.0. The highest BCUT2D eigenvalue weighted by atomic mass is 32.2. The summed E-state index contributed by atoms with van der Waals surface area (Å²) in [4.78, 5) is 55.5. The van der Waals surface area contributed by atoms with E-state index in [1.165, 1.54) is 0 Å². The van der Waals surface area contributed by atoms with Crippen LogP contribution in [0.2, 0.25) is 0 Å². The van der Waals surface area contributed by atoms with Gasteiger partial charge in [0.05, 0.1) is 18.3 Å². The Morgan fingerprint density at radius 3 is 2.51 bits per heavy atom. The molecule has 2 saturated carbocycles. The Morgan fingerprint density at radius 1 is 1.27 bits per heavy atom. The summed E-state index contributed by atoms with van der Waals surface area (Å²) in [5.41, 5.74) is 1.76. The number of ether oxygens (including phenoxy) is 2. The average molecular weight is 660 g/mol. The number of aliphatic hydroxyl groups is 1. The molecule has 0 radical (unpaired) electrons. The van der Waals surface area contributed by atoms with Crippen LogP contribution in [0.3, 0.4) is 0 Å². The van der Waals surface area contributed by atoms with E-state index >= 15 is 0 Å². The van der Waals surface area contributed by atoms with Crippen LogP contribution in [0, 0.1) is 5.92 Å². The van der Waals surface area contributed by atoms with Gasteiger partial charge in [-0.1, -0.05) is 19.1 Å². The van der Waals surface area contributed by atoms with Gasteiger partial charge in [0.25, 0.3) is 11.8 Å². The quantitative estimate of drug-likeness (QED) is 0.249. The van der Waals surface area contributed by atoms with Crippen molar-refractivity contribution in [1.82, 2.24) is 20.3 Å². The van der Waals surface area contributed by atoms with Crippen LogP contribution in [0.1, 0.15) is 79.6 Å². The van der Waals surface area contributed by atoms with Crippen LogP contribution < -0.4 is 21.1 Å². The van der Waals surface area contributed by atoms with Gasteiger partial charge in [0.1, 0.15) is 28.6 Å². The average Bonchev–Trinajstić information content (AvgIpc) is 3.84. The number of carbonyl (C=O) groups excluding carboxylic acids is 4.